The Morgan fingerprint density at radius 3 is 3.20 bits per heavy atom. The summed E-state index contributed by atoms with van der Waals surface area (Å²) in [6.07, 6.45) is 0.911. The van der Waals surface area contributed by atoms with Gasteiger partial charge in [0.2, 0.25) is 0 Å². The van der Waals surface area contributed by atoms with E-state index in [2.05, 4.69) is 21.7 Å². The number of amides is 1. The van der Waals surface area contributed by atoms with Gasteiger partial charge in [0.15, 0.2) is 0 Å². The molecule has 0 saturated heterocycles. The normalized spacial score (nSPS) is 13.8. The number of rotatable bonds is 3. The summed E-state index contributed by atoms with van der Waals surface area (Å²) in [5.41, 5.74) is 4.13. The number of carbonyl (C=O) groups is 1. The monoisotopic (exact) mass is 287 g/mol. The zero-order chi connectivity index (χ0) is 13.9. The molecule has 2 aromatic rings. The predicted molar refractivity (Wildman–Crippen MR) is 79.9 cm³/mol. The van der Waals surface area contributed by atoms with Crippen molar-refractivity contribution in [2.24, 2.45) is 0 Å². The molecular weight excluding hydrogens is 270 g/mol. The fraction of sp³-hybridized carbons (Fsp3) is 0.333. The molecule has 1 aromatic carbocycles. The third-order valence-electron chi connectivity index (χ3n) is 3.48. The van der Waals surface area contributed by atoms with Gasteiger partial charge in [0.1, 0.15) is 0 Å². The summed E-state index contributed by atoms with van der Waals surface area (Å²) in [6.45, 7) is 4.24. The van der Waals surface area contributed by atoms with Crippen LogP contribution < -0.4 is 10.6 Å². The number of carbonyl (C=O) groups excluding carboxylic acids is 1. The van der Waals surface area contributed by atoms with E-state index in [0.29, 0.717) is 6.54 Å². The summed E-state index contributed by atoms with van der Waals surface area (Å²) in [4.78, 5) is 16.7. The van der Waals surface area contributed by atoms with Crippen molar-refractivity contribution in [3.05, 3.63) is 51.0 Å². The highest BCUT2D eigenvalue weighted by Gasteiger charge is 2.17. The number of aromatic nitrogens is 1. The fourth-order valence-corrected chi connectivity index (χ4v) is 3.11. The smallest absolute Gasteiger partial charge is 0.251 e. The van der Waals surface area contributed by atoms with Crippen LogP contribution in [-0.2, 0) is 19.5 Å². The maximum atomic E-state index is 12.3. The molecule has 20 heavy (non-hydrogen) atoms. The first kappa shape index (κ1) is 13.3. The van der Waals surface area contributed by atoms with E-state index in [4.69, 9.17) is 0 Å². The van der Waals surface area contributed by atoms with Crippen LogP contribution in [0.3, 0.4) is 0 Å². The lowest BCUT2D eigenvalue weighted by Crippen LogP contribution is -2.29. The second-order valence-corrected chi connectivity index (χ2v) is 5.97. The lowest BCUT2D eigenvalue weighted by molar-refractivity contribution is 0.0949. The Kier molecular flexibility index (Phi) is 3.80. The maximum Gasteiger partial charge on any atom is 0.251 e. The van der Waals surface area contributed by atoms with E-state index < -0.39 is 0 Å². The molecule has 0 fully saturated rings. The van der Waals surface area contributed by atoms with Crippen molar-refractivity contribution in [1.82, 2.24) is 15.6 Å². The van der Waals surface area contributed by atoms with Crippen molar-refractivity contribution >= 4 is 17.2 Å². The lowest BCUT2D eigenvalue weighted by Gasteiger charge is -2.19. The summed E-state index contributed by atoms with van der Waals surface area (Å²) in [6, 6.07) is 5.95. The van der Waals surface area contributed by atoms with E-state index in [9.17, 15) is 4.79 Å². The molecule has 0 atom stereocenters. The average Bonchev–Trinajstić information content (AvgIpc) is 2.90. The van der Waals surface area contributed by atoms with Crippen LogP contribution in [0.4, 0.5) is 0 Å². The number of fused-ring (bicyclic) bond motifs is 1. The van der Waals surface area contributed by atoms with Gasteiger partial charge in [0, 0.05) is 17.5 Å². The Hall–Kier alpha value is -1.72. The van der Waals surface area contributed by atoms with E-state index in [1.165, 1.54) is 11.1 Å². The molecule has 1 aliphatic rings. The van der Waals surface area contributed by atoms with Crippen LogP contribution in [0.5, 0.6) is 0 Å². The first-order valence-electron chi connectivity index (χ1n) is 6.75. The minimum absolute atomic E-state index is 0.00518. The Morgan fingerprint density at radius 1 is 1.50 bits per heavy atom. The van der Waals surface area contributed by atoms with Crippen LogP contribution in [0.2, 0.25) is 0 Å². The highest BCUT2D eigenvalue weighted by atomic mass is 32.1. The molecule has 2 N–H and O–H groups in total. The van der Waals surface area contributed by atoms with Crippen LogP contribution in [-0.4, -0.2) is 17.4 Å². The van der Waals surface area contributed by atoms with Gasteiger partial charge in [0.25, 0.3) is 5.91 Å². The van der Waals surface area contributed by atoms with E-state index in [1.54, 1.807) is 11.3 Å². The van der Waals surface area contributed by atoms with Gasteiger partial charge in [-0.1, -0.05) is 12.1 Å². The summed E-state index contributed by atoms with van der Waals surface area (Å²) in [5, 5.41) is 9.30. The minimum atomic E-state index is -0.00518. The summed E-state index contributed by atoms with van der Waals surface area (Å²) in [5.74, 6) is -0.00518. The van der Waals surface area contributed by atoms with E-state index >= 15 is 0 Å². The molecule has 0 spiro atoms. The van der Waals surface area contributed by atoms with Crippen molar-refractivity contribution < 1.29 is 4.79 Å². The van der Waals surface area contributed by atoms with Crippen LogP contribution in [0, 0.1) is 6.92 Å². The van der Waals surface area contributed by atoms with E-state index in [1.807, 2.05) is 24.4 Å². The second kappa shape index (κ2) is 5.73. The van der Waals surface area contributed by atoms with E-state index in [0.717, 1.165) is 35.8 Å². The lowest BCUT2D eigenvalue weighted by atomic mass is 9.95. The molecule has 2 heterocycles. The Morgan fingerprint density at radius 2 is 2.40 bits per heavy atom. The molecule has 1 aromatic heterocycles. The Bertz CT molecular complexity index is 636. The third kappa shape index (κ3) is 2.73. The fourth-order valence-electron chi connectivity index (χ4n) is 2.50. The minimum Gasteiger partial charge on any atom is -0.346 e. The van der Waals surface area contributed by atoms with Gasteiger partial charge in [-0.2, -0.15) is 0 Å². The molecule has 0 saturated carbocycles. The van der Waals surface area contributed by atoms with Gasteiger partial charge >= 0.3 is 0 Å². The van der Waals surface area contributed by atoms with Gasteiger partial charge in [-0.3, -0.25) is 4.79 Å². The van der Waals surface area contributed by atoms with Crippen LogP contribution in [0.25, 0.3) is 0 Å². The van der Waals surface area contributed by atoms with Crippen molar-refractivity contribution in [1.29, 1.82) is 0 Å². The van der Waals surface area contributed by atoms with Gasteiger partial charge in [-0.25, -0.2) is 4.98 Å². The quantitative estimate of drug-likeness (QED) is 0.908. The molecule has 5 heteroatoms. The highest BCUT2D eigenvalue weighted by Crippen LogP contribution is 2.18. The molecule has 0 radical (unpaired) electrons. The third-order valence-corrected chi connectivity index (χ3v) is 4.30. The Balaban J connectivity index is 1.74. The molecule has 104 valence electrons. The van der Waals surface area contributed by atoms with Crippen molar-refractivity contribution in [3.8, 4) is 0 Å². The summed E-state index contributed by atoms with van der Waals surface area (Å²) < 4.78 is 0. The number of aryl methyl sites for hydroxylation is 1. The zero-order valence-electron chi connectivity index (χ0n) is 11.4. The number of nitrogens with one attached hydrogen (secondary N) is 2. The van der Waals surface area contributed by atoms with Gasteiger partial charge in [0.05, 0.1) is 17.2 Å². The van der Waals surface area contributed by atoms with Gasteiger partial charge < -0.3 is 10.6 Å². The number of benzene rings is 1. The maximum absolute atomic E-state index is 12.3. The average molecular weight is 287 g/mol. The van der Waals surface area contributed by atoms with Crippen LogP contribution >= 0.6 is 11.3 Å². The number of hydrogen-bond acceptors (Lipinski definition) is 4. The molecule has 1 aliphatic heterocycles. The molecule has 3 rings (SSSR count). The highest BCUT2D eigenvalue weighted by molar-refractivity contribution is 7.09. The zero-order valence-corrected chi connectivity index (χ0v) is 12.2. The number of nitrogens with zero attached hydrogens (tertiary/aromatic N) is 1. The van der Waals surface area contributed by atoms with E-state index in [-0.39, 0.29) is 5.91 Å². The van der Waals surface area contributed by atoms with Crippen molar-refractivity contribution in [3.63, 3.8) is 0 Å². The van der Waals surface area contributed by atoms with Crippen molar-refractivity contribution in [2.75, 3.05) is 6.54 Å². The Labute approximate surface area is 122 Å². The van der Waals surface area contributed by atoms with Crippen LogP contribution in [0.1, 0.15) is 32.2 Å². The molecule has 1 amide bonds. The molecule has 0 aliphatic carbocycles. The molecular formula is C15H17N3OS. The molecule has 0 bridgehead atoms. The predicted octanol–water partition coefficient (Wildman–Crippen LogP) is 2.03. The van der Waals surface area contributed by atoms with Crippen molar-refractivity contribution in [2.45, 2.75) is 26.4 Å². The topological polar surface area (TPSA) is 54.0 Å². The SMILES string of the molecule is Cc1nc(CNC(=O)c2cccc3c2CCNC3)cs1. The van der Waals surface area contributed by atoms with Gasteiger partial charge in [-0.05, 0) is 37.1 Å². The largest absolute Gasteiger partial charge is 0.346 e. The molecule has 0 unspecified atom stereocenters. The first-order valence-corrected chi connectivity index (χ1v) is 7.62. The van der Waals surface area contributed by atoms with Crippen LogP contribution in [0.15, 0.2) is 23.6 Å². The van der Waals surface area contributed by atoms with Gasteiger partial charge in [-0.15, -0.1) is 11.3 Å². The summed E-state index contributed by atoms with van der Waals surface area (Å²) in [7, 11) is 0. The molecule has 4 nitrogen and oxygen atoms in total. The standard InChI is InChI=1S/C15H17N3OS/c1-10-18-12(9-20-10)8-17-15(19)14-4-2-3-11-7-16-6-5-13(11)14/h2-4,9,16H,5-8H2,1H3,(H,17,19). The summed E-state index contributed by atoms with van der Waals surface area (Å²) >= 11 is 1.60. The number of hydrogen-bond donors (Lipinski definition) is 2. The first-order chi connectivity index (χ1) is 9.74. The second-order valence-electron chi connectivity index (χ2n) is 4.91. The number of thiazole rings is 1.